The molecule has 0 atom stereocenters. The van der Waals surface area contributed by atoms with Crippen LogP contribution >= 0.6 is 0 Å². The molecule has 0 aliphatic rings. The third kappa shape index (κ3) is 7.01. The van der Waals surface area contributed by atoms with Crippen molar-refractivity contribution in [3.8, 4) is 0 Å². The molecule has 0 radical (unpaired) electrons. The summed E-state index contributed by atoms with van der Waals surface area (Å²) in [6.07, 6.45) is 1.45. The first-order valence-corrected chi connectivity index (χ1v) is 13.4. The maximum atomic E-state index is 12.7. The third-order valence-electron chi connectivity index (χ3n) is 4.73. The molecule has 0 saturated carbocycles. The number of aryl methyl sites for hydroxylation is 1. The Bertz CT molecular complexity index is 1380. The Hall–Kier alpha value is -3.47. The maximum Gasteiger partial charge on any atom is 0.261 e. The van der Waals surface area contributed by atoms with Crippen molar-refractivity contribution in [2.75, 3.05) is 16.6 Å². The Morgan fingerprint density at radius 3 is 2.21 bits per heavy atom. The van der Waals surface area contributed by atoms with Crippen LogP contribution in [0.5, 0.6) is 0 Å². The van der Waals surface area contributed by atoms with Crippen LogP contribution in [0.1, 0.15) is 21.5 Å². The molecule has 10 heteroatoms. The van der Waals surface area contributed by atoms with E-state index in [1.165, 1.54) is 30.3 Å². The normalized spacial score (nSPS) is 11.6. The van der Waals surface area contributed by atoms with Crippen molar-refractivity contribution in [1.29, 1.82) is 0 Å². The van der Waals surface area contributed by atoms with Crippen LogP contribution in [0.4, 0.5) is 11.4 Å². The van der Waals surface area contributed by atoms with Crippen molar-refractivity contribution in [1.82, 2.24) is 4.72 Å². The molecule has 8 nitrogen and oxygen atoms in total. The van der Waals surface area contributed by atoms with Gasteiger partial charge >= 0.3 is 0 Å². The van der Waals surface area contributed by atoms with E-state index in [4.69, 9.17) is 0 Å². The first-order valence-electron chi connectivity index (χ1n) is 10.3. The Balaban J connectivity index is 1.69. The van der Waals surface area contributed by atoms with E-state index < -0.39 is 26.0 Å². The lowest BCUT2D eigenvalue weighted by atomic mass is 10.2. The van der Waals surface area contributed by atoms with Gasteiger partial charge in [0.25, 0.3) is 15.9 Å². The lowest BCUT2D eigenvalue weighted by Crippen LogP contribution is -2.25. The zero-order valence-electron chi connectivity index (χ0n) is 18.5. The van der Waals surface area contributed by atoms with Gasteiger partial charge in [-0.1, -0.05) is 42.0 Å². The van der Waals surface area contributed by atoms with Crippen LogP contribution in [0.15, 0.2) is 90.3 Å². The van der Waals surface area contributed by atoms with Crippen LogP contribution in [-0.2, 0) is 25.8 Å². The molecule has 178 valence electrons. The number of hydrogen-bond acceptors (Lipinski definition) is 5. The van der Waals surface area contributed by atoms with E-state index in [9.17, 15) is 21.6 Å². The number of anilines is 2. The summed E-state index contributed by atoms with van der Waals surface area (Å²) >= 11 is 0. The van der Waals surface area contributed by atoms with Gasteiger partial charge in [0.2, 0.25) is 10.0 Å². The van der Waals surface area contributed by atoms with Gasteiger partial charge in [-0.2, -0.15) is 0 Å². The second-order valence-electron chi connectivity index (χ2n) is 7.55. The van der Waals surface area contributed by atoms with E-state index in [1.54, 1.807) is 48.5 Å². The van der Waals surface area contributed by atoms with Crippen LogP contribution in [0, 0.1) is 6.92 Å². The zero-order chi connectivity index (χ0) is 24.8. The lowest BCUT2D eigenvalue weighted by molar-refractivity contribution is 0.102. The Morgan fingerprint density at radius 1 is 0.912 bits per heavy atom. The van der Waals surface area contributed by atoms with Gasteiger partial charge in [0, 0.05) is 23.5 Å². The van der Waals surface area contributed by atoms with Crippen LogP contribution in [-0.4, -0.2) is 29.3 Å². The quantitative estimate of drug-likeness (QED) is 0.368. The molecule has 0 aromatic heterocycles. The summed E-state index contributed by atoms with van der Waals surface area (Å²) in [5.74, 6) is -0.705. The fraction of sp³-hybridized carbons (Fsp3) is 0.125. The first kappa shape index (κ1) is 25.2. The van der Waals surface area contributed by atoms with E-state index >= 15 is 0 Å². The van der Waals surface area contributed by atoms with Crippen molar-refractivity contribution >= 4 is 37.3 Å². The van der Waals surface area contributed by atoms with Crippen LogP contribution in [0.3, 0.4) is 0 Å². The summed E-state index contributed by atoms with van der Waals surface area (Å²) in [5, 5.41) is 2.68. The smallest absolute Gasteiger partial charge is 0.261 e. The second-order valence-corrected chi connectivity index (χ2v) is 11.0. The minimum atomic E-state index is -3.88. The summed E-state index contributed by atoms with van der Waals surface area (Å²) in [6.45, 7) is 5.52. The molecule has 0 aliphatic carbocycles. The van der Waals surface area contributed by atoms with Gasteiger partial charge in [0.05, 0.1) is 10.6 Å². The standard InChI is InChI=1S/C24H25N3O5S2/c1-3-15-25-33(29,30)17-19-9-13-21(14-10-19)26-24(28)20-5-4-6-23(16-20)34(31,32)27-22-11-7-18(2)8-12-22/h3-14,16,25,27H,1,15,17H2,2H3,(H,26,28). The molecule has 3 aromatic carbocycles. The van der Waals surface area contributed by atoms with E-state index in [0.717, 1.165) is 5.56 Å². The summed E-state index contributed by atoms with van der Waals surface area (Å²) in [7, 11) is -7.37. The fourth-order valence-corrected chi connectivity index (χ4v) is 5.19. The molecule has 0 saturated heterocycles. The van der Waals surface area contributed by atoms with E-state index in [2.05, 4.69) is 21.3 Å². The average Bonchev–Trinajstić information content (AvgIpc) is 2.80. The molecule has 0 aliphatic heterocycles. The van der Waals surface area contributed by atoms with Crippen LogP contribution in [0.25, 0.3) is 0 Å². The van der Waals surface area contributed by atoms with E-state index in [1.807, 2.05) is 6.92 Å². The summed E-state index contributed by atoms with van der Waals surface area (Å²) in [4.78, 5) is 12.6. The van der Waals surface area contributed by atoms with Gasteiger partial charge in [0.1, 0.15) is 0 Å². The van der Waals surface area contributed by atoms with E-state index in [-0.39, 0.29) is 22.8 Å². The highest BCUT2D eigenvalue weighted by molar-refractivity contribution is 7.92. The SMILES string of the molecule is C=CCNS(=O)(=O)Cc1ccc(NC(=O)c2cccc(S(=O)(=O)Nc3ccc(C)cc3)c2)cc1. The second kappa shape index (κ2) is 10.6. The van der Waals surface area contributed by atoms with Gasteiger partial charge < -0.3 is 5.32 Å². The summed E-state index contributed by atoms with van der Waals surface area (Å²) in [5.41, 5.74) is 2.57. The Morgan fingerprint density at radius 2 is 1.56 bits per heavy atom. The number of hydrogen-bond donors (Lipinski definition) is 3. The highest BCUT2D eigenvalue weighted by Crippen LogP contribution is 2.19. The summed E-state index contributed by atoms with van der Waals surface area (Å²) < 4.78 is 54.3. The lowest BCUT2D eigenvalue weighted by Gasteiger charge is -2.11. The van der Waals surface area contributed by atoms with Gasteiger partial charge in [-0.25, -0.2) is 21.6 Å². The molecule has 0 bridgehead atoms. The van der Waals surface area contributed by atoms with Crippen molar-refractivity contribution in [2.45, 2.75) is 17.6 Å². The fourth-order valence-electron chi connectivity index (χ4n) is 2.98. The van der Waals surface area contributed by atoms with Crippen molar-refractivity contribution in [2.24, 2.45) is 0 Å². The number of nitrogens with one attached hydrogen (secondary N) is 3. The predicted molar refractivity (Wildman–Crippen MR) is 134 cm³/mol. The summed E-state index contributed by atoms with van der Waals surface area (Å²) in [6, 6.07) is 18.9. The highest BCUT2D eigenvalue weighted by atomic mass is 32.2. The molecule has 3 N–H and O–H groups in total. The Labute approximate surface area is 199 Å². The molecule has 34 heavy (non-hydrogen) atoms. The molecule has 3 aromatic rings. The molecular weight excluding hydrogens is 474 g/mol. The largest absolute Gasteiger partial charge is 0.322 e. The van der Waals surface area contributed by atoms with Gasteiger partial charge in [-0.05, 0) is 55.0 Å². The Kier molecular flexibility index (Phi) is 7.87. The number of amides is 1. The molecule has 0 spiro atoms. The minimum absolute atomic E-state index is 0.0479. The van der Waals surface area contributed by atoms with Gasteiger partial charge in [-0.3, -0.25) is 9.52 Å². The number of carbonyl (C=O) groups excluding carboxylic acids is 1. The first-order chi connectivity index (χ1) is 16.1. The number of carbonyl (C=O) groups is 1. The number of rotatable bonds is 10. The van der Waals surface area contributed by atoms with E-state index in [0.29, 0.717) is 16.9 Å². The maximum absolute atomic E-state index is 12.7. The molecule has 0 unspecified atom stereocenters. The number of sulfonamides is 2. The van der Waals surface area contributed by atoms with Crippen molar-refractivity contribution in [3.63, 3.8) is 0 Å². The topological polar surface area (TPSA) is 121 Å². The number of benzene rings is 3. The van der Waals surface area contributed by atoms with Crippen LogP contribution in [0.2, 0.25) is 0 Å². The predicted octanol–water partition coefficient (Wildman–Crippen LogP) is 3.65. The van der Waals surface area contributed by atoms with Gasteiger partial charge in [0.15, 0.2) is 0 Å². The average molecular weight is 500 g/mol. The third-order valence-corrected chi connectivity index (χ3v) is 7.43. The minimum Gasteiger partial charge on any atom is -0.322 e. The molecule has 0 fully saturated rings. The molecule has 1 amide bonds. The molecule has 0 heterocycles. The van der Waals surface area contributed by atoms with Crippen molar-refractivity contribution in [3.05, 3.63) is 102 Å². The molecule has 3 rings (SSSR count). The van der Waals surface area contributed by atoms with Crippen LogP contribution < -0.4 is 14.8 Å². The van der Waals surface area contributed by atoms with Gasteiger partial charge in [-0.15, -0.1) is 6.58 Å². The van der Waals surface area contributed by atoms with Crippen molar-refractivity contribution < 1.29 is 21.6 Å². The zero-order valence-corrected chi connectivity index (χ0v) is 20.1. The monoisotopic (exact) mass is 499 g/mol. The highest BCUT2D eigenvalue weighted by Gasteiger charge is 2.17. The molecular formula is C24H25N3O5S2.